The Labute approximate surface area is 175 Å². The lowest BCUT2D eigenvalue weighted by atomic mass is 9.72. The lowest BCUT2D eigenvalue weighted by Crippen LogP contribution is -2.38. The molecule has 4 nitrogen and oxygen atoms in total. The van der Waals surface area contributed by atoms with Crippen LogP contribution in [-0.2, 0) is 6.42 Å². The normalized spacial score (nSPS) is 14.4. The van der Waals surface area contributed by atoms with E-state index in [9.17, 15) is 14.4 Å². The lowest BCUT2D eigenvalue weighted by molar-refractivity contribution is 0.0642. The van der Waals surface area contributed by atoms with Crippen molar-refractivity contribution in [3.05, 3.63) is 101 Å². The van der Waals surface area contributed by atoms with E-state index in [-0.39, 0.29) is 30.2 Å². The maximum Gasteiger partial charge on any atom is 0.178 e. The van der Waals surface area contributed by atoms with Gasteiger partial charge in [-0.1, -0.05) is 66.7 Å². The Balaban J connectivity index is 1.73. The highest BCUT2D eigenvalue weighted by Crippen LogP contribution is 2.43. The minimum absolute atomic E-state index is 0.156. The second kappa shape index (κ2) is 8.07. The Morgan fingerprint density at radius 2 is 1.37 bits per heavy atom. The van der Waals surface area contributed by atoms with Gasteiger partial charge in [-0.05, 0) is 31.0 Å². The number of carbonyl (C=O) groups is 3. The first-order chi connectivity index (χ1) is 14.5. The van der Waals surface area contributed by atoms with Crippen molar-refractivity contribution >= 4 is 17.3 Å². The summed E-state index contributed by atoms with van der Waals surface area (Å²) < 4.78 is 5.48. The third-order valence-electron chi connectivity index (χ3n) is 5.58. The molecule has 0 bridgehead atoms. The fraction of sp³-hybridized carbons (Fsp3) is 0.192. The molecule has 0 saturated carbocycles. The van der Waals surface area contributed by atoms with Crippen LogP contribution in [0.4, 0.5) is 0 Å². The SMILES string of the molecule is CCOc1ccc(CC2(CC(=O)c3ccccc3)C(=O)c3ccccc3C2=O)cc1. The summed E-state index contributed by atoms with van der Waals surface area (Å²) in [5, 5.41) is 0. The maximum absolute atomic E-state index is 13.5. The van der Waals surface area contributed by atoms with Gasteiger partial charge in [0.2, 0.25) is 0 Å². The van der Waals surface area contributed by atoms with E-state index in [0.717, 1.165) is 11.3 Å². The van der Waals surface area contributed by atoms with E-state index in [1.54, 1.807) is 48.5 Å². The Kier molecular flexibility index (Phi) is 5.32. The van der Waals surface area contributed by atoms with Crippen molar-refractivity contribution in [1.82, 2.24) is 0 Å². The van der Waals surface area contributed by atoms with Gasteiger partial charge in [0, 0.05) is 23.1 Å². The van der Waals surface area contributed by atoms with E-state index in [4.69, 9.17) is 4.74 Å². The number of fused-ring (bicyclic) bond motifs is 1. The molecule has 0 aliphatic heterocycles. The van der Waals surface area contributed by atoms with Gasteiger partial charge in [-0.25, -0.2) is 0 Å². The number of ether oxygens (including phenoxy) is 1. The van der Waals surface area contributed by atoms with Crippen molar-refractivity contribution in [2.75, 3.05) is 6.61 Å². The van der Waals surface area contributed by atoms with Crippen LogP contribution in [0.15, 0.2) is 78.9 Å². The number of ketones is 3. The van der Waals surface area contributed by atoms with Crippen LogP contribution in [0.3, 0.4) is 0 Å². The molecule has 150 valence electrons. The molecule has 0 aromatic heterocycles. The van der Waals surface area contributed by atoms with Gasteiger partial charge in [-0.3, -0.25) is 14.4 Å². The number of rotatable bonds is 7. The summed E-state index contributed by atoms with van der Waals surface area (Å²) in [6.45, 7) is 2.46. The minimum atomic E-state index is -1.43. The van der Waals surface area contributed by atoms with Crippen LogP contribution >= 0.6 is 0 Å². The van der Waals surface area contributed by atoms with Gasteiger partial charge in [0.25, 0.3) is 0 Å². The quantitative estimate of drug-likeness (QED) is 0.417. The minimum Gasteiger partial charge on any atom is -0.494 e. The van der Waals surface area contributed by atoms with Crippen LogP contribution < -0.4 is 4.74 Å². The molecule has 0 spiro atoms. The summed E-state index contributed by atoms with van der Waals surface area (Å²) in [5.41, 5.74) is 0.682. The predicted molar refractivity (Wildman–Crippen MR) is 114 cm³/mol. The molecular weight excluding hydrogens is 376 g/mol. The number of carbonyl (C=O) groups excluding carboxylic acids is 3. The van der Waals surface area contributed by atoms with Crippen molar-refractivity contribution in [3.63, 3.8) is 0 Å². The summed E-state index contributed by atoms with van der Waals surface area (Å²) in [6, 6.07) is 23.0. The van der Waals surface area contributed by atoms with E-state index in [1.807, 2.05) is 37.3 Å². The monoisotopic (exact) mass is 398 g/mol. The van der Waals surface area contributed by atoms with Crippen molar-refractivity contribution in [1.29, 1.82) is 0 Å². The highest BCUT2D eigenvalue weighted by Gasteiger charge is 2.53. The number of hydrogen-bond acceptors (Lipinski definition) is 4. The van der Waals surface area contributed by atoms with Crippen LogP contribution in [0.25, 0.3) is 0 Å². The predicted octanol–water partition coefficient (Wildman–Crippen LogP) is 4.97. The fourth-order valence-electron chi connectivity index (χ4n) is 4.10. The molecule has 1 aliphatic rings. The van der Waals surface area contributed by atoms with Crippen molar-refractivity contribution in [2.45, 2.75) is 19.8 Å². The van der Waals surface area contributed by atoms with Gasteiger partial charge >= 0.3 is 0 Å². The summed E-state index contributed by atoms with van der Waals surface area (Å²) in [4.78, 5) is 40.0. The molecule has 1 aliphatic carbocycles. The highest BCUT2D eigenvalue weighted by molar-refractivity contribution is 6.31. The van der Waals surface area contributed by atoms with Crippen LogP contribution in [0.2, 0.25) is 0 Å². The second-order valence-electron chi connectivity index (χ2n) is 7.51. The smallest absolute Gasteiger partial charge is 0.178 e. The molecule has 0 heterocycles. The number of hydrogen-bond donors (Lipinski definition) is 0. The van der Waals surface area contributed by atoms with Crippen LogP contribution in [0.1, 0.15) is 50.0 Å². The third kappa shape index (κ3) is 3.45. The molecule has 0 radical (unpaired) electrons. The zero-order valence-electron chi connectivity index (χ0n) is 16.8. The van der Waals surface area contributed by atoms with Gasteiger partial charge < -0.3 is 4.74 Å². The molecule has 0 atom stereocenters. The Morgan fingerprint density at radius 1 is 0.800 bits per heavy atom. The first kappa shape index (κ1) is 19.8. The molecule has 4 rings (SSSR count). The van der Waals surface area contributed by atoms with Crippen LogP contribution in [0, 0.1) is 5.41 Å². The first-order valence-corrected chi connectivity index (χ1v) is 10.0. The van der Waals surface area contributed by atoms with E-state index in [2.05, 4.69) is 0 Å². The van der Waals surface area contributed by atoms with Gasteiger partial charge in [-0.2, -0.15) is 0 Å². The lowest BCUT2D eigenvalue weighted by Gasteiger charge is -2.25. The van der Waals surface area contributed by atoms with Crippen molar-refractivity contribution in [3.8, 4) is 5.75 Å². The molecule has 30 heavy (non-hydrogen) atoms. The molecule has 0 unspecified atom stereocenters. The topological polar surface area (TPSA) is 60.4 Å². The second-order valence-corrected chi connectivity index (χ2v) is 7.51. The largest absolute Gasteiger partial charge is 0.494 e. The summed E-state index contributed by atoms with van der Waals surface area (Å²) >= 11 is 0. The Bertz CT molecular complexity index is 1060. The van der Waals surface area contributed by atoms with E-state index >= 15 is 0 Å². The molecule has 3 aromatic carbocycles. The van der Waals surface area contributed by atoms with Crippen LogP contribution in [0.5, 0.6) is 5.75 Å². The molecule has 4 heteroatoms. The van der Waals surface area contributed by atoms with E-state index in [0.29, 0.717) is 23.3 Å². The van der Waals surface area contributed by atoms with Gasteiger partial charge in [0.15, 0.2) is 17.3 Å². The average Bonchev–Trinajstić information content (AvgIpc) is 2.98. The van der Waals surface area contributed by atoms with Crippen molar-refractivity contribution in [2.24, 2.45) is 5.41 Å². The van der Waals surface area contributed by atoms with Crippen LogP contribution in [-0.4, -0.2) is 24.0 Å². The third-order valence-corrected chi connectivity index (χ3v) is 5.58. The summed E-state index contributed by atoms with van der Waals surface area (Å²) in [7, 11) is 0. The van der Waals surface area contributed by atoms with Gasteiger partial charge in [-0.15, -0.1) is 0 Å². The zero-order chi connectivity index (χ0) is 21.1. The Hall–Kier alpha value is -3.53. The summed E-state index contributed by atoms with van der Waals surface area (Å²) in [6.07, 6.45) is 0.0148. The van der Waals surface area contributed by atoms with Gasteiger partial charge in [0.1, 0.15) is 11.2 Å². The highest BCUT2D eigenvalue weighted by atomic mass is 16.5. The van der Waals surface area contributed by atoms with E-state index in [1.165, 1.54) is 0 Å². The maximum atomic E-state index is 13.5. The molecular formula is C26H22O4. The molecule has 0 saturated heterocycles. The Morgan fingerprint density at radius 3 is 1.93 bits per heavy atom. The average molecular weight is 398 g/mol. The first-order valence-electron chi connectivity index (χ1n) is 10.0. The van der Waals surface area contributed by atoms with Crippen molar-refractivity contribution < 1.29 is 19.1 Å². The number of Topliss-reactive ketones (excluding diaryl/α,β-unsaturated/α-hetero) is 3. The molecule has 0 N–H and O–H groups in total. The zero-order valence-corrected chi connectivity index (χ0v) is 16.8. The molecule has 3 aromatic rings. The molecule has 0 fully saturated rings. The van der Waals surface area contributed by atoms with Gasteiger partial charge in [0.05, 0.1) is 6.61 Å². The fourth-order valence-corrected chi connectivity index (χ4v) is 4.10. The summed E-state index contributed by atoms with van der Waals surface area (Å²) in [5.74, 6) is -0.0402. The standard InChI is InChI=1S/C26H22O4/c1-2-30-20-14-12-18(13-15-20)16-26(17-23(27)19-8-4-3-5-9-19)24(28)21-10-6-7-11-22(21)25(26)29/h3-15H,2,16-17H2,1H3. The van der Waals surface area contributed by atoms with E-state index < -0.39 is 5.41 Å². The number of benzene rings is 3. The molecule has 0 amide bonds.